The molecule has 0 atom stereocenters. The minimum absolute atomic E-state index is 0.734. The number of rotatable bonds is 6. The monoisotopic (exact) mass is 287 g/mol. The number of aromatic nitrogens is 2. The molecule has 112 valence electrons. The van der Waals surface area contributed by atoms with Crippen LogP contribution in [-0.4, -0.2) is 31.2 Å². The van der Waals surface area contributed by atoms with Crippen molar-refractivity contribution in [3.63, 3.8) is 0 Å². The quantitative estimate of drug-likeness (QED) is 0.884. The van der Waals surface area contributed by atoms with Crippen LogP contribution in [0.15, 0.2) is 24.3 Å². The van der Waals surface area contributed by atoms with Crippen LogP contribution in [0, 0.1) is 0 Å². The molecule has 1 aromatic heterocycles. The molecule has 1 aromatic carbocycles. The van der Waals surface area contributed by atoms with Crippen molar-refractivity contribution in [2.45, 2.75) is 19.8 Å². The van der Waals surface area contributed by atoms with Gasteiger partial charge in [0.15, 0.2) is 0 Å². The molecule has 21 heavy (non-hydrogen) atoms. The lowest BCUT2D eigenvalue weighted by Crippen LogP contribution is -2.03. The van der Waals surface area contributed by atoms with E-state index in [1.807, 2.05) is 31.3 Å². The molecule has 0 spiro atoms. The van der Waals surface area contributed by atoms with Crippen molar-refractivity contribution in [2.75, 3.05) is 26.6 Å². The molecule has 0 aliphatic rings. The van der Waals surface area contributed by atoms with Crippen LogP contribution < -0.4 is 14.8 Å². The summed E-state index contributed by atoms with van der Waals surface area (Å²) in [7, 11) is 5.14. The van der Waals surface area contributed by atoms with Gasteiger partial charge in [-0.05, 0) is 18.6 Å². The Kier molecular flexibility index (Phi) is 4.98. The van der Waals surface area contributed by atoms with E-state index in [0.29, 0.717) is 0 Å². The number of nitrogens with zero attached hydrogens (tertiary/aromatic N) is 2. The van der Waals surface area contributed by atoms with Gasteiger partial charge >= 0.3 is 0 Å². The maximum atomic E-state index is 5.45. The third-order valence-corrected chi connectivity index (χ3v) is 3.19. The van der Waals surface area contributed by atoms with Gasteiger partial charge in [0.2, 0.25) is 0 Å². The smallest absolute Gasteiger partial charge is 0.132 e. The SMILES string of the molecule is CCCc1nc(NC)cc(-c2c(OC)cccc2OC)n1. The Hall–Kier alpha value is -2.30. The standard InChI is InChI=1S/C16H21N3O2/c1-5-7-14-18-11(10-15(17-2)19-14)16-12(20-3)8-6-9-13(16)21-4/h6,8-10H,5,7H2,1-4H3,(H,17,18,19). The second-order valence-corrected chi connectivity index (χ2v) is 4.59. The summed E-state index contributed by atoms with van der Waals surface area (Å²) in [5.41, 5.74) is 1.64. The molecule has 0 saturated heterocycles. The number of hydrogen-bond donors (Lipinski definition) is 1. The summed E-state index contributed by atoms with van der Waals surface area (Å²) in [5, 5.41) is 3.08. The summed E-state index contributed by atoms with van der Waals surface area (Å²) in [6.45, 7) is 2.11. The molecule has 1 heterocycles. The first-order valence-electron chi connectivity index (χ1n) is 7.00. The molecule has 0 fully saturated rings. The molecule has 0 amide bonds. The highest BCUT2D eigenvalue weighted by Crippen LogP contribution is 2.37. The van der Waals surface area contributed by atoms with Crippen LogP contribution in [0.1, 0.15) is 19.2 Å². The number of benzene rings is 1. The van der Waals surface area contributed by atoms with Crippen molar-refractivity contribution in [3.05, 3.63) is 30.1 Å². The molecular weight excluding hydrogens is 266 g/mol. The van der Waals surface area contributed by atoms with Crippen molar-refractivity contribution in [1.82, 2.24) is 9.97 Å². The topological polar surface area (TPSA) is 56.3 Å². The summed E-state index contributed by atoms with van der Waals surface area (Å²) in [6, 6.07) is 7.60. The molecular formula is C16H21N3O2. The molecule has 2 aromatic rings. The van der Waals surface area contributed by atoms with E-state index in [9.17, 15) is 0 Å². The number of ether oxygens (including phenoxy) is 2. The van der Waals surface area contributed by atoms with E-state index in [4.69, 9.17) is 9.47 Å². The highest BCUT2D eigenvalue weighted by molar-refractivity contribution is 5.75. The summed E-state index contributed by atoms with van der Waals surface area (Å²) >= 11 is 0. The Bertz CT molecular complexity index is 592. The second-order valence-electron chi connectivity index (χ2n) is 4.59. The summed E-state index contributed by atoms with van der Waals surface area (Å²) < 4.78 is 10.9. The van der Waals surface area contributed by atoms with Crippen LogP contribution in [0.4, 0.5) is 5.82 Å². The average molecular weight is 287 g/mol. The largest absolute Gasteiger partial charge is 0.496 e. The Morgan fingerprint density at radius 2 is 1.76 bits per heavy atom. The third kappa shape index (κ3) is 3.24. The maximum Gasteiger partial charge on any atom is 0.132 e. The lowest BCUT2D eigenvalue weighted by molar-refractivity contribution is 0.397. The number of aryl methyl sites for hydroxylation is 1. The zero-order chi connectivity index (χ0) is 15.2. The number of anilines is 1. The van der Waals surface area contributed by atoms with Crippen molar-refractivity contribution in [3.8, 4) is 22.8 Å². The van der Waals surface area contributed by atoms with Crippen LogP contribution in [-0.2, 0) is 6.42 Å². The van der Waals surface area contributed by atoms with E-state index in [0.717, 1.165) is 47.2 Å². The summed E-state index contributed by atoms with van der Waals surface area (Å²) in [5.74, 6) is 3.07. The van der Waals surface area contributed by atoms with Gasteiger partial charge < -0.3 is 14.8 Å². The fourth-order valence-corrected chi connectivity index (χ4v) is 2.19. The Morgan fingerprint density at radius 3 is 2.29 bits per heavy atom. The van der Waals surface area contributed by atoms with Gasteiger partial charge in [-0.2, -0.15) is 0 Å². The van der Waals surface area contributed by atoms with Crippen LogP contribution >= 0.6 is 0 Å². The van der Waals surface area contributed by atoms with E-state index >= 15 is 0 Å². The molecule has 1 N–H and O–H groups in total. The van der Waals surface area contributed by atoms with Crippen molar-refractivity contribution in [1.29, 1.82) is 0 Å². The minimum atomic E-state index is 0.734. The Morgan fingerprint density at radius 1 is 1.10 bits per heavy atom. The van der Waals surface area contributed by atoms with Crippen LogP contribution in [0.5, 0.6) is 11.5 Å². The van der Waals surface area contributed by atoms with Gasteiger partial charge in [0.05, 0.1) is 25.5 Å². The van der Waals surface area contributed by atoms with Gasteiger partial charge in [-0.3, -0.25) is 0 Å². The predicted molar refractivity (Wildman–Crippen MR) is 84.1 cm³/mol. The Labute approximate surface area is 125 Å². The molecule has 0 bridgehead atoms. The van der Waals surface area contributed by atoms with E-state index in [2.05, 4.69) is 22.2 Å². The van der Waals surface area contributed by atoms with Gasteiger partial charge in [-0.1, -0.05) is 13.0 Å². The lowest BCUT2D eigenvalue weighted by Gasteiger charge is -2.14. The fraction of sp³-hybridized carbons (Fsp3) is 0.375. The zero-order valence-electron chi connectivity index (χ0n) is 12.9. The maximum absolute atomic E-state index is 5.45. The first-order valence-corrected chi connectivity index (χ1v) is 7.00. The zero-order valence-corrected chi connectivity index (χ0v) is 12.9. The van der Waals surface area contributed by atoms with Crippen LogP contribution in [0.25, 0.3) is 11.3 Å². The number of hydrogen-bond acceptors (Lipinski definition) is 5. The van der Waals surface area contributed by atoms with E-state index in [1.165, 1.54) is 0 Å². The highest BCUT2D eigenvalue weighted by Gasteiger charge is 2.15. The van der Waals surface area contributed by atoms with Crippen molar-refractivity contribution >= 4 is 5.82 Å². The molecule has 0 aliphatic carbocycles. The van der Waals surface area contributed by atoms with Gasteiger partial charge in [0.25, 0.3) is 0 Å². The molecule has 0 unspecified atom stereocenters. The second kappa shape index (κ2) is 6.92. The highest BCUT2D eigenvalue weighted by atomic mass is 16.5. The molecule has 5 heteroatoms. The van der Waals surface area contributed by atoms with E-state index < -0.39 is 0 Å². The Balaban J connectivity index is 2.62. The van der Waals surface area contributed by atoms with Gasteiger partial charge in [-0.15, -0.1) is 0 Å². The first kappa shape index (κ1) is 15.1. The van der Waals surface area contributed by atoms with Gasteiger partial charge in [0.1, 0.15) is 23.1 Å². The summed E-state index contributed by atoms with van der Waals surface area (Å²) in [6.07, 6.45) is 1.83. The molecule has 0 saturated carbocycles. The minimum Gasteiger partial charge on any atom is -0.496 e. The predicted octanol–water partition coefficient (Wildman–Crippen LogP) is 3.16. The average Bonchev–Trinajstić information content (AvgIpc) is 2.53. The van der Waals surface area contributed by atoms with Gasteiger partial charge in [0, 0.05) is 19.5 Å². The normalized spacial score (nSPS) is 10.3. The molecule has 0 radical (unpaired) electrons. The van der Waals surface area contributed by atoms with E-state index in [-0.39, 0.29) is 0 Å². The van der Waals surface area contributed by atoms with E-state index in [1.54, 1.807) is 14.2 Å². The van der Waals surface area contributed by atoms with Crippen molar-refractivity contribution in [2.24, 2.45) is 0 Å². The fourth-order valence-electron chi connectivity index (χ4n) is 2.19. The molecule has 5 nitrogen and oxygen atoms in total. The van der Waals surface area contributed by atoms with Gasteiger partial charge in [-0.25, -0.2) is 9.97 Å². The third-order valence-electron chi connectivity index (χ3n) is 3.19. The summed E-state index contributed by atoms with van der Waals surface area (Å²) in [4.78, 5) is 9.12. The first-order chi connectivity index (χ1) is 10.2. The van der Waals surface area contributed by atoms with Crippen molar-refractivity contribution < 1.29 is 9.47 Å². The number of nitrogens with one attached hydrogen (secondary N) is 1. The molecule has 2 rings (SSSR count). The lowest BCUT2D eigenvalue weighted by atomic mass is 10.1. The number of methoxy groups -OCH3 is 2. The van der Waals surface area contributed by atoms with Crippen LogP contribution in [0.2, 0.25) is 0 Å². The van der Waals surface area contributed by atoms with Crippen LogP contribution in [0.3, 0.4) is 0 Å². The molecule has 0 aliphatic heterocycles.